The lowest BCUT2D eigenvalue weighted by Crippen LogP contribution is -2.35. The molecule has 328 valence electrons. The number of unbranched alkanes of at least 4 members (excludes halogenated alkanes) is 35. The van der Waals surface area contributed by atoms with Gasteiger partial charge in [0.15, 0.2) is 0 Å². The van der Waals surface area contributed by atoms with Gasteiger partial charge in [-0.25, -0.2) is 0 Å². The maximum Gasteiger partial charge on any atom is 0.221 e. The van der Waals surface area contributed by atoms with Crippen LogP contribution in [0.3, 0.4) is 0 Å². The minimum atomic E-state index is 0.168. The molecular weight excluding hydrogens is 675 g/mol. The van der Waals surface area contributed by atoms with Crippen LogP contribution in [0.1, 0.15) is 278 Å². The van der Waals surface area contributed by atoms with Crippen LogP contribution in [-0.2, 0) is 9.59 Å². The molecule has 0 aromatic rings. The van der Waals surface area contributed by atoms with Crippen molar-refractivity contribution in [1.82, 2.24) is 15.5 Å². The molecule has 0 aliphatic heterocycles. The average Bonchev–Trinajstić information content (AvgIpc) is 3.19. The smallest absolute Gasteiger partial charge is 0.221 e. The Balaban J connectivity index is 3.89. The second-order valence-electron chi connectivity index (χ2n) is 17.4. The van der Waals surface area contributed by atoms with Gasteiger partial charge in [0.1, 0.15) is 0 Å². The van der Waals surface area contributed by atoms with Gasteiger partial charge in [-0.3, -0.25) is 9.59 Å². The topological polar surface area (TPSA) is 61.4 Å². The molecule has 0 fully saturated rings. The number of carbonyl (C=O) groups excluding carboxylic acids is 2. The summed E-state index contributed by atoms with van der Waals surface area (Å²) < 4.78 is 0. The normalized spacial score (nSPS) is 11.5. The lowest BCUT2D eigenvalue weighted by atomic mass is 10.0. The molecule has 2 N–H and O–H groups in total. The monoisotopic (exact) mass is 776 g/mol. The van der Waals surface area contributed by atoms with Gasteiger partial charge in [-0.1, -0.05) is 245 Å². The highest BCUT2D eigenvalue weighted by molar-refractivity contribution is 5.76. The molecule has 0 heterocycles. The van der Waals surface area contributed by atoms with Crippen molar-refractivity contribution in [3.8, 4) is 0 Å². The number of carbonyl (C=O) groups is 2. The highest BCUT2D eigenvalue weighted by atomic mass is 16.2. The first-order valence-electron chi connectivity index (χ1n) is 25.4. The summed E-state index contributed by atoms with van der Waals surface area (Å²) in [4.78, 5) is 27.7. The Morgan fingerprint density at radius 1 is 0.291 bits per heavy atom. The van der Waals surface area contributed by atoms with E-state index in [1.807, 2.05) is 0 Å². The average molecular weight is 776 g/mol. The molecule has 0 unspecified atom stereocenters. The maximum absolute atomic E-state index is 12.7. The minimum Gasteiger partial charge on any atom is -0.356 e. The van der Waals surface area contributed by atoms with Gasteiger partial charge < -0.3 is 15.5 Å². The van der Waals surface area contributed by atoms with Gasteiger partial charge >= 0.3 is 0 Å². The van der Waals surface area contributed by atoms with E-state index in [-0.39, 0.29) is 11.8 Å². The minimum absolute atomic E-state index is 0.168. The van der Waals surface area contributed by atoms with Crippen LogP contribution in [-0.4, -0.2) is 49.4 Å². The van der Waals surface area contributed by atoms with E-state index in [0.717, 1.165) is 52.0 Å². The molecule has 5 nitrogen and oxygen atoms in total. The van der Waals surface area contributed by atoms with Crippen LogP contribution >= 0.6 is 0 Å². The number of amides is 2. The molecule has 0 saturated carbocycles. The quantitative estimate of drug-likeness (QED) is 0.0605. The second kappa shape index (κ2) is 47.3. The van der Waals surface area contributed by atoms with Crippen molar-refractivity contribution < 1.29 is 9.59 Å². The Morgan fingerprint density at radius 3 is 0.764 bits per heavy atom. The Morgan fingerprint density at radius 2 is 0.509 bits per heavy atom. The molecule has 5 heteroatoms. The first-order chi connectivity index (χ1) is 27.1. The molecule has 55 heavy (non-hydrogen) atoms. The van der Waals surface area contributed by atoms with E-state index in [1.54, 1.807) is 0 Å². The molecule has 0 aromatic carbocycles. The summed E-state index contributed by atoms with van der Waals surface area (Å²) in [6.45, 7) is 11.0. The van der Waals surface area contributed by atoms with Crippen LogP contribution in [0.5, 0.6) is 0 Å². The summed E-state index contributed by atoms with van der Waals surface area (Å²) in [7, 11) is 0. The van der Waals surface area contributed by atoms with Crippen LogP contribution < -0.4 is 10.6 Å². The number of nitrogens with one attached hydrogen (secondary N) is 2. The first-order valence-corrected chi connectivity index (χ1v) is 25.4. The van der Waals surface area contributed by atoms with Gasteiger partial charge in [-0.05, 0) is 25.8 Å². The molecule has 2 amide bonds. The van der Waals surface area contributed by atoms with Crippen LogP contribution in [0.2, 0.25) is 0 Å². The molecule has 0 saturated heterocycles. The predicted octanol–water partition coefficient (Wildman–Crippen LogP) is 15.2. The highest BCUT2D eigenvalue weighted by Gasteiger charge is 2.11. The second-order valence-corrected chi connectivity index (χ2v) is 17.4. The lowest BCUT2D eigenvalue weighted by Gasteiger charge is -2.22. The third-order valence-corrected chi connectivity index (χ3v) is 11.8. The number of hydrogen-bond acceptors (Lipinski definition) is 3. The van der Waals surface area contributed by atoms with E-state index in [0.29, 0.717) is 12.8 Å². The van der Waals surface area contributed by atoms with Crippen molar-refractivity contribution in [3.63, 3.8) is 0 Å². The molecule has 0 spiro atoms. The van der Waals surface area contributed by atoms with Gasteiger partial charge in [0, 0.05) is 39.0 Å². The summed E-state index contributed by atoms with van der Waals surface area (Å²) in [6, 6.07) is 0. The molecule has 0 rings (SSSR count). The SMILES string of the molecule is CCCCCCCCCCCCCCCCCCNC(=O)CCN(CCCCCCCC)CCC(=O)NCCCCCCCCCCCCCCCCCC. The Hall–Kier alpha value is -1.10. The van der Waals surface area contributed by atoms with Crippen LogP contribution in [0.25, 0.3) is 0 Å². The summed E-state index contributed by atoms with van der Waals surface area (Å²) in [5.74, 6) is 0.337. The molecular formula is C50H101N3O2. The molecule has 0 aromatic heterocycles. The summed E-state index contributed by atoms with van der Waals surface area (Å²) in [5.41, 5.74) is 0. The van der Waals surface area contributed by atoms with E-state index in [9.17, 15) is 9.59 Å². The van der Waals surface area contributed by atoms with E-state index in [4.69, 9.17) is 0 Å². The van der Waals surface area contributed by atoms with Gasteiger partial charge in [0.05, 0.1) is 0 Å². The van der Waals surface area contributed by atoms with Crippen LogP contribution in [0, 0.1) is 0 Å². The van der Waals surface area contributed by atoms with E-state index in [1.165, 1.54) is 225 Å². The lowest BCUT2D eigenvalue weighted by molar-refractivity contribution is -0.121. The zero-order valence-corrected chi connectivity index (χ0v) is 38.1. The molecule has 0 aliphatic rings. The van der Waals surface area contributed by atoms with Crippen molar-refractivity contribution in [3.05, 3.63) is 0 Å². The van der Waals surface area contributed by atoms with E-state index < -0.39 is 0 Å². The Kier molecular flexibility index (Phi) is 46.3. The third kappa shape index (κ3) is 45.5. The Labute approximate surface area is 346 Å². The van der Waals surface area contributed by atoms with E-state index in [2.05, 4.69) is 36.3 Å². The van der Waals surface area contributed by atoms with Gasteiger partial charge in [-0.15, -0.1) is 0 Å². The van der Waals surface area contributed by atoms with Gasteiger partial charge in [0.2, 0.25) is 11.8 Å². The number of hydrogen-bond donors (Lipinski definition) is 2. The molecule has 0 atom stereocenters. The van der Waals surface area contributed by atoms with Crippen molar-refractivity contribution in [2.75, 3.05) is 32.7 Å². The van der Waals surface area contributed by atoms with Crippen molar-refractivity contribution in [1.29, 1.82) is 0 Å². The summed E-state index contributed by atoms with van der Waals surface area (Å²) in [5, 5.41) is 6.34. The molecule has 0 bridgehead atoms. The fourth-order valence-electron chi connectivity index (χ4n) is 7.95. The Bertz CT molecular complexity index is 705. The third-order valence-electron chi connectivity index (χ3n) is 11.8. The van der Waals surface area contributed by atoms with Gasteiger partial charge in [-0.2, -0.15) is 0 Å². The van der Waals surface area contributed by atoms with E-state index >= 15 is 0 Å². The molecule has 0 aliphatic carbocycles. The van der Waals surface area contributed by atoms with Crippen molar-refractivity contribution in [2.24, 2.45) is 0 Å². The van der Waals surface area contributed by atoms with Crippen LogP contribution in [0.15, 0.2) is 0 Å². The first kappa shape index (κ1) is 53.9. The molecule has 0 radical (unpaired) electrons. The standard InChI is InChI=1S/C50H101N3O2/c1-4-7-10-13-16-18-20-22-24-26-28-30-32-34-36-39-44-51-49(54)42-47-53(46-41-38-15-12-9-6-3)48-43-50(55)52-45-40-37-35-33-31-29-27-25-23-21-19-17-14-11-8-5-2/h4-48H2,1-3H3,(H,51,54)(H,52,55). The van der Waals surface area contributed by atoms with Crippen molar-refractivity contribution in [2.45, 2.75) is 278 Å². The zero-order valence-electron chi connectivity index (χ0n) is 38.1. The fourth-order valence-corrected chi connectivity index (χ4v) is 7.95. The summed E-state index contributed by atoms with van der Waals surface area (Å²) in [6.07, 6.45) is 52.5. The summed E-state index contributed by atoms with van der Waals surface area (Å²) >= 11 is 0. The number of nitrogens with zero attached hydrogens (tertiary/aromatic N) is 1. The maximum atomic E-state index is 12.7. The fraction of sp³-hybridized carbons (Fsp3) is 0.960. The van der Waals surface area contributed by atoms with Crippen LogP contribution in [0.4, 0.5) is 0 Å². The predicted molar refractivity (Wildman–Crippen MR) is 244 cm³/mol. The number of rotatable bonds is 47. The zero-order chi connectivity index (χ0) is 40.0. The van der Waals surface area contributed by atoms with Gasteiger partial charge in [0.25, 0.3) is 0 Å². The largest absolute Gasteiger partial charge is 0.356 e. The highest BCUT2D eigenvalue weighted by Crippen LogP contribution is 2.15. The van der Waals surface area contributed by atoms with Crippen molar-refractivity contribution >= 4 is 11.8 Å².